The van der Waals surface area contributed by atoms with Gasteiger partial charge in [0.1, 0.15) is 6.04 Å². The minimum Gasteiger partial charge on any atom is -0.372 e. The summed E-state index contributed by atoms with van der Waals surface area (Å²) < 4.78 is 0. The SMILES string of the molecule is C=CC1=C(C=C)N[C@H](C(C)CC)C(=O)N1. The highest BCUT2D eigenvalue weighted by atomic mass is 16.2. The molecule has 0 spiro atoms. The molecule has 1 amide bonds. The first-order valence-electron chi connectivity index (χ1n) is 5.20. The Hall–Kier alpha value is -1.51. The van der Waals surface area contributed by atoms with Crippen LogP contribution in [0.3, 0.4) is 0 Å². The van der Waals surface area contributed by atoms with Crippen molar-refractivity contribution in [2.75, 3.05) is 0 Å². The molecular weight excluding hydrogens is 188 g/mol. The highest BCUT2D eigenvalue weighted by molar-refractivity contribution is 5.86. The lowest BCUT2D eigenvalue weighted by atomic mass is 9.96. The van der Waals surface area contributed by atoms with E-state index in [1.807, 2.05) is 0 Å². The summed E-state index contributed by atoms with van der Waals surface area (Å²) in [6, 6.07) is -0.174. The third kappa shape index (κ3) is 2.29. The van der Waals surface area contributed by atoms with Crippen LogP contribution in [0.25, 0.3) is 0 Å². The summed E-state index contributed by atoms with van der Waals surface area (Å²) in [4.78, 5) is 11.7. The van der Waals surface area contributed by atoms with Crippen LogP contribution in [0.2, 0.25) is 0 Å². The molecule has 0 aromatic rings. The van der Waals surface area contributed by atoms with Gasteiger partial charge < -0.3 is 10.6 Å². The largest absolute Gasteiger partial charge is 0.372 e. The maximum absolute atomic E-state index is 11.7. The van der Waals surface area contributed by atoms with E-state index in [1.54, 1.807) is 12.2 Å². The molecule has 3 heteroatoms. The van der Waals surface area contributed by atoms with E-state index < -0.39 is 0 Å². The average Bonchev–Trinajstić information content (AvgIpc) is 2.27. The molecule has 1 unspecified atom stereocenters. The molecule has 3 nitrogen and oxygen atoms in total. The second-order valence-corrected chi connectivity index (χ2v) is 3.73. The zero-order valence-electron chi connectivity index (χ0n) is 9.34. The third-order valence-electron chi connectivity index (χ3n) is 2.76. The van der Waals surface area contributed by atoms with Crippen LogP contribution in [0.5, 0.6) is 0 Å². The summed E-state index contributed by atoms with van der Waals surface area (Å²) in [6.45, 7) is 11.5. The van der Waals surface area contributed by atoms with E-state index in [9.17, 15) is 4.79 Å². The Morgan fingerprint density at radius 2 is 2.00 bits per heavy atom. The molecule has 0 saturated heterocycles. The maximum Gasteiger partial charge on any atom is 0.247 e. The van der Waals surface area contributed by atoms with Crippen molar-refractivity contribution in [2.24, 2.45) is 5.92 Å². The van der Waals surface area contributed by atoms with Crippen LogP contribution in [0.4, 0.5) is 0 Å². The van der Waals surface area contributed by atoms with Gasteiger partial charge in [-0.2, -0.15) is 0 Å². The van der Waals surface area contributed by atoms with Gasteiger partial charge in [0, 0.05) is 0 Å². The van der Waals surface area contributed by atoms with Crippen molar-refractivity contribution in [3.63, 3.8) is 0 Å². The Bertz CT molecular complexity index is 318. The van der Waals surface area contributed by atoms with Gasteiger partial charge in [0.2, 0.25) is 5.91 Å². The Balaban J connectivity index is 2.93. The fraction of sp³-hybridized carbons (Fsp3) is 0.417. The number of nitrogens with one attached hydrogen (secondary N) is 2. The van der Waals surface area contributed by atoms with Crippen LogP contribution < -0.4 is 10.6 Å². The predicted octanol–water partition coefficient (Wildman–Crippen LogP) is 1.70. The number of rotatable bonds is 4. The van der Waals surface area contributed by atoms with Crippen molar-refractivity contribution in [3.8, 4) is 0 Å². The van der Waals surface area contributed by atoms with Crippen LogP contribution in [-0.2, 0) is 4.79 Å². The molecule has 1 aliphatic heterocycles. The molecule has 0 fully saturated rings. The van der Waals surface area contributed by atoms with Crippen molar-refractivity contribution < 1.29 is 4.79 Å². The molecule has 2 atom stereocenters. The first-order valence-corrected chi connectivity index (χ1v) is 5.20. The molecular formula is C12H18N2O. The summed E-state index contributed by atoms with van der Waals surface area (Å²) in [5.74, 6) is 0.302. The molecule has 1 aliphatic rings. The highest BCUT2D eigenvalue weighted by Crippen LogP contribution is 2.16. The lowest BCUT2D eigenvalue weighted by molar-refractivity contribution is -0.123. The number of hydrogen-bond acceptors (Lipinski definition) is 2. The standard InChI is InChI=1S/C12H18N2O/c1-5-8(4)11-12(15)14-10(7-3)9(6-2)13-11/h6-8,11,13H,2-3,5H2,1,4H3,(H,14,15)/t8?,11-/m1/s1. The van der Waals surface area contributed by atoms with E-state index in [1.165, 1.54) is 0 Å². The molecule has 1 heterocycles. The minimum atomic E-state index is -0.174. The zero-order valence-corrected chi connectivity index (χ0v) is 9.34. The second-order valence-electron chi connectivity index (χ2n) is 3.73. The van der Waals surface area contributed by atoms with Gasteiger partial charge in [-0.05, 0) is 18.1 Å². The molecule has 82 valence electrons. The van der Waals surface area contributed by atoms with E-state index in [4.69, 9.17) is 0 Å². The molecule has 0 radical (unpaired) electrons. The smallest absolute Gasteiger partial charge is 0.247 e. The molecule has 1 rings (SSSR count). The number of amides is 1. The summed E-state index contributed by atoms with van der Waals surface area (Å²) in [6.07, 6.45) is 4.28. The Morgan fingerprint density at radius 3 is 2.47 bits per heavy atom. The summed E-state index contributed by atoms with van der Waals surface area (Å²) in [5, 5.41) is 6.00. The lowest BCUT2D eigenvalue weighted by Crippen LogP contribution is -2.51. The van der Waals surface area contributed by atoms with Crippen molar-refractivity contribution in [1.29, 1.82) is 0 Å². The molecule has 0 bridgehead atoms. The van der Waals surface area contributed by atoms with Gasteiger partial charge in [-0.3, -0.25) is 4.79 Å². The monoisotopic (exact) mass is 206 g/mol. The van der Waals surface area contributed by atoms with Gasteiger partial charge in [-0.25, -0.2) is 0 Å². The summed E-state index contributed by atoms with van der Waals surface area (Å²) >= 11 is 0. The second kappa shape index (κ2) is 4.82. The summed E-state index contributed by atoms with van der Waals surface area (Å²) in [7, 11) is 0. The van der Waals surface area contributed by atoms with E-state index in [-0.39, 0.29) is 11.9 Å². The molecule has 0 aromatic carbocycles. The normalized spacial score (nSPS) is 22.8. The Kier molecular flexibility index (Phi) is 3.72. The van der Waals surface area contributed by atoms with Crippen LogP contribution >= 0.6 is 0 Å². The first-order chi connectivity index (χ1) is 7.13. The van der Waals surface area contributed by atoms with E-state index >= 15 is 0 Å². The van der Waals surface area contributed by atoms with Gasteiger partial charge in [-0.15, -0.1) is 0 Å². The summed E-state index contributed by atoms with van der Waals surface area (Å²) in [5.41, 5.74) is 1.55. The van der Waals surface area contributed by atoms with Gasteiger partial charge in [0.25, 0.3) is 0 Å². The Labute approximate surface area is 90.9 Å². The van der Waals surface area contributed by atoms with Crippen molar-refractivity contribution in [3.05, 3.63) is 36.7 Å². The van der Waals surface area contributed by atoms with Crippen molar-refractivity contribution >= 4 is 5.91 Å². The van der Waals surface area contributed by atoms with Gasteiger partial charge in [-0.1, -0.05) is 33.4 Å². The minimum absolute atomic E-state index is 0.00449. The van der Waals surface area contributed by atoms with Crippen molar-refractivity contribution in [1.82, 2.24) is 10.6 Å². The zero-order chi connectivity index (χ0) is 11.4. The fourth-order valence-corrected chi connectivity index (χ4v) is 1.55. The van der Waals surface area contributed by atoms with Crippen molar-refractivity contribution in [2.45, 2.75) is 26.3 Å². The molecule has 15 heavy (non-hydrogen) atoms. The van der Waals surface area contributed by atoms with Gasteiger partial charge in [0.15, 0.2) is 0 Å². The fourth-order valence-electron chi connectivity index (χ4n) is 1.55. The molecule has 0 aliphatic carbocycles. The first kappa shape index (κ1) is 11.6. The van der Waals surface area contributed by atoms with Gasteiger partial charge in [0.05, 0.1) is 11.4 Å². The number of carbonyl (C=O) groups excluding carboxylic acids is 1. The molecule has 0 saturated carbocycles. The quantitative estimate of drug-likeness (QED) is 0.735. The average molecular weight is 206 g/mol. The third-order valence-corrected chi connectivity index (χ3v) is 2.76. The maximum atomic E-state index is 11.7. The number of allylic oxidation sites excluding steroid dienone is 2. The van der Waals surface area contributed by atoms with Crippen LogP contribution in [0.1, 0.15) is 20.3 Å². The lowest BCUT2D eigenvalue weighted by Gasteiger charge is -2.30. The predicted molar refractivity (Wildman–Crippen MR) is 61.9 cm³/mol. The van der Waals surface area contributed by atoms with Gasteiger partial charge >= 0.3 is 0 Å². The van der Waals surface area contributed by atoms with E-state index in [0.29, 0.717) is 11.6 Å². The van der Waals surface area contributed by atoms with E-state index in [2.05, 4.69) is 37.6 Å². The highest BCUT2D eigenvalue weighted by Gasteiger charge is 2.28. The molecule has 0 aromatic heterocycles. The topological polar surface area (TPSA) is 41.1 Å². The molecule has 2 N–H and O–H groups in total. The number of hydrogen-bond donors (Lipinski definition) is 2. The van der Waals surface area contributed by atoms with Crippen LogP contribution in [0, 0.1) is 5.92 Å². The number of carbonyl (C=O) groups is 1. The Morgan fingerprint density at radius 1 is 1.40 bits per heavy atom. The van der Waals surface area contributed by atoms with Crippen LogP contribution in [0.15, 0.2) is 36.7 Å². The van der Waals surface area contributed by atoms with Crippen LogP contribution in [-0.4, -0.2) is 11.9 Å². The van der Waals surface area contributed by atoms with E-state index in [0.717, 1.165) is 12.1 Å².